The third-order valence-electron chi connectivity index (χ3n) is 7.23. The highest BCUT2D eigenvalue weighted by Gasteiger charge is 2.48. The Hall–Kier alpha value is -2.26. The van der Waals surface area contributed by atoms with Crippen LogP contribution in [0.25, 0.3) is 0 Å². The minimum Gasteiger partial charge on any atom is -0.326 e. The lowest BCUT2D eigenvalue weighted by atomic mass is 9.88. The van der Waals surface area contributed by atoms with Crippen molar-refractivity contribution in [1.29, 1.82) is 0 Å². The van der Waals surface area contributed by atoms with Crippen molar-refractivity contribution in [3.05, 3.63) is 29.3 Å². The van der Waals surface area contributed by atoms with Crippen LogP contribution in [-0.2, 0) is 26.0 Å². The summed E-state index contributed by atoms with van der Waals surface area (Å²) < 4.78 is 27.5. The molecule has 1 aromatic carbocycles. The first-order valence-electron chi connectivity index (χ1n) is 11.9. The summed E-state index contributed by atoms with van der Waals surface area (Å²) in [5.41, 5.74) is 1.80. The fraction of sp³-hybridized carbons (Fsp3) is 0.625. The number of amides is 2. The molecule has 0 atom stereocenters. The third-order valence-corrected chi connectivity index (χ3v) is 9.10. The number of anilines is 1. The minimum absolute atomic E-state index is 0.0170. The van der Waals surface area contributed by atoms with Gasteiger partial charge in [0.15, 0.2) is 0 Å². The van der Waals surface area contributed by atoms with Crippen molar-refractivity contribution in [2.24, 2.45) is 10.9 Å². The SMILES string of the molecule is CC(=O)Nc1ccc(CCS(=O)(=O)N2CCC3(CC2)N=C(C2CCCCC2)NC3=O)c(C)c1. The largest absolute Gasteiger partial charge is 0.326 e. The van der Waals surface area contributed by atoms with Gasteiger partial charge in [-0.3, -0.25) is 14.6 Å². The van der Waals surface area contributed by atoms with Crippen LogP contribution in [0.1, 0.15) is 63.0 Å². The topological polar surface area (TPSA) is 108 Å². The molecule has 0 unspecified atom stereocenters. The second-order valence-electron chi connectivity index (χ2n) is 9.61. The molecule has 1 aromatic rings. The van der Waals surface area contributed by atoms with Gasteiger partial charge >= 0.3 is 0 Å². The summed E-state index contributed by atoms with van der Waals surface area (Å²) in [7, 11) is -3.44. The van der Waals surface area contributed by atoms with Crippen molar-refractivity contribution in [2.45, 2.75) is 70.8 Å². The molecule has 0 aromatic heterocycles. The molecule has 1 aliphatic carbocycles. The molecule has 2 heterocycles. The number of sulfonamides is 1. The summed E-state index contributed by atoms with van der Waals surface area (Å²) in [5, 5.41) is 5.76. The molecule has 1 saturated heterocycles. The standard InChI is InChI=1S/C24H34N4O4S/c1-17-16-21(25-18(2)29)9-8-19(17)10-15-33(31,32)28-13-11-24(12-14-28)23(30)26-22(27-24)20-6-4-3-5-7-20/h8-9,16,20H,3-7,10-15H2,1-2H3,(H,25,29)(H,26,27,30). The van der Waals surface area contributed by atoms with Crippen LogP contribution < -0.4 is 10.6 Å². The molecule has 4 rings (SSSR count). The van der Waals surface area contributed by atoms with Gasteiger partial charge in [-0.05, 0) is 62.3 Å². The van der Waals surface area contributed by atoms with E-state index in [2.05, 4.69) is 10.6 Å². The third kappa shape index (κ3) is 5.30. The number of amidine groups is 1. The smallest absolute Gasteiger partial charge is 0.253 e. The van der Waals surface area contributed by atoms with E-state index in [1.54, 1.807) is 6.07 Å². The van der Waals surface area contributed by atoms with Gasteiger partial charge in [0.1, 0.15) is 11.4 Å². The number of carbonyl (C=O) groups excluding carboxylic acids is 2. The van der Waals surface area contributed by atoms with Crippen molar-refractivity contribution in [3.8, 4) is 0 Å². The van der Waals surface area contributed by atoms with Gasteiger partial charge in [-0.15, -0.1) is 0 Å². The zero-order valence-corrected chi connectivity index (χ0v) is 20.3. The number of hydrogen-bond donors (Lipinski definition) is 2. The Bertz CT molecular complexity index is 1050. The average molecular weight is 475 g/mol. The van der Waals surface area contributed by atoms with E-state index in [9.17, 15) is 18.0 Å². The van der Waals surface area contributed by atoms with Gasteiger partial charge in [0.25, 0.3) is 5.91 Å². The van der Waals surface area contributed by atoms with Crippen LogP contribution in [0, 0.1) is 12.8 Å². The molecule has 2 amide bonds. The molecular formula is C24H34N4O4S. The van der Waals surface area contributed by atoms with E-state index in [1.807, 2.05) is 19.1 Å². The molecule has 2 aliphatic heterocycles. The van der Waals surface area contributed by atoms with Gasteiger partial charge in [0, 0.05) is 31.6 Å². The maximum Gasteiger partial charge on any atom is 0.253 e. The van der Waals surface area contributed by atoms with Crippen LogP contribution in [-0.4, -0.2) is 54.8 Å². The quantitative estimate of drug-likeness (QED) is 0.661. The Kier molecular flexibility index (Phi) is 6.91. The number of rotatable bonds is 6. The summed E-state index contributed by atoms with van der Waals surface area (Å²) >= 11 is 0. The second kappa shape index (κ2) is 9.54. The van der Waals surface area contributed by atoms with Gasteiger partial charge in [-0.25, -0.2) is 12.7 Å². The Labute approximate surface area is 196 Å². The highest BCUT2D eigenvalue weighted by molar-refractivity contribution is 7.89. The van der Waals surface area contributed by atoms with Crippen molar-refractivity contribution in [2.75, 3.05) is 24.2 Å². The second-order valence-corrected chi connectivity index (χ2v) is 11.7. The molecule has 180 valence electrons. The van der Waals surface area contributed by atoms with Crippen LogP contribution in [0.15, 0.2) is 23.2 Å². The van der Waals surface area contributed by atoms with E-state index < -0.39 is 15.6 Å². The molecule has 2 fully saturated rings. The van der Waals surface area contributed by atoms with Crippen LogP contribution in [0.5, 0.6) is 0 Å². The molecular weight excluding hydrogens is 440 g/mol. The van der Waals surface area contributed by atoms with Gasteiger partial charge in [0.2, 0.25) is 15.9 Å². The zero-order valence-electron chi connectivity index (χ0n) is 19.5. The number of aliphatic imine (C=N–C) groups is 1. The minimum atomic E-state index is -3.44. The Balaban J connectivity index is 1.36. The van der Waals surface area contributed by atoms with E-state index >= 15 is 0 Å². The van der Waals surface area contributed by atoms with E-state index in [0.29, 0.717) is 44.0 Å². The lowest BCUT2D eigenvalue weighted by Crippen LogP contribution is -2.51. The predicted octanol–water partition coefficient (Wildman–Crippen LogP) is 2.77. The average Bonchev–Trinajstić information content (AvgIpc) is 3.09. The number of nitrogens with one attached hydrogen (secondary N) is 2. The number of piperidine rings is 1. The van der Waals surface area contributed by atoms with Crippen molar-refractivity contribution in [1.82, 2.24) is 9.62 Å². The van der Waals surface area contributed by atoms with E-state index in [4.69, 9.17) is 4.99 Å². The lowest BCUT2D eigenvalue weighted by Gasteiger charge is -2.34. The van der Waals surface area contributed by atoms with E-state index in [1.165, 1.54) is 30.5 Å². The summed E-state index contributed by atoms with van der Waals surface area (Å²) in [6.07, 6.45) is 7.00. The molecule has 0 bridgehead atoms. The summed E-state index contributed by atoms with van der Waals surface area (Å²) in [5.74, 6) is 0.982. The van der Waals surface area contributed by atoms with Crippen LogP contribution in [0.2, 0.25) is 0 Å². The summed E-state index contributed by atoms with van der Waals surface area (Å²) in [6.45, 7) is 4.00. The first-order valence-corrected chi connectivity index (χ1v) is 13.6. The summed E-state index contributed by atoms with van der Waals surface area (Å²) in [6, 6.07) is 5.52. The molecule has 1 spiro atoms. The fourth-order valence-corrected chi connectivity index (χ4v) is 6.68. The van der Waals surface area contributed by atoms with E-state index in [0.717, 1.165) is 29.8 Å². The van der Waals surface area contributed by atoms with Crippen molar-refractivity contribution >= 4 is 33.4 Å². The van der Waals surface area contributed by atoms with Crippen LogP contribution >= 0.6 is 0 Å². The first kappa shape index (κ1) is 23.9. The molecule has 2 N–H and O–H groups in total. The molecule has 33 heavy (non-hydrogen) atoms. The monoisotopic (exact) mass is 474 g/mol. The Morgan fingerprint density at radius 3 is 2.55 bits per heavy atom. The van der Waals surface area contributed by atoms with Crippen LogP contribution in [0.3, 0.4) is 0 Å². The molecule has 9 heteroatoms. The molecule has 8 nitrogen and oxygen atoms in total. The first-order chi connectivity index (χ1) is 15.7. The number of aryl methyl sites for hydroxylation is 2. The summed E-state index contributed by atoms with van der Waals surface area (Å²) in [4.78, 5) is 28.8. The lowest BCUT2D eigenvalue weighted by molar-refractivity contribution is -0.125. The van der Waals surface area contributed by atoms with Gasteiger partial charge in [-0.2, -0.15) is 0 Å². The molecule has 1 saturated carbocycles. The highest BCUT2D eigenvalue weighted by atomic mass is 32.2. The number of carbonyl (C=O) groups is 2. The van der Waals surface area contributed by atoms with Crippen LogP contribution in [0.4, 0.5) is 5.69 Å². The Morgan fingerprint density at radius 1 is 1.21 bits per heavy atom. The van der Waals surface area contributed by atoms with Gasteiger partial charge in [-0.1, -0.05) is 25.3 Å². The van der Waals surface area contributed by atoms with Crippen molar-refractivity contribution < 1.29 is 18.0 Å². The van der Waals surface area contributed by atoms with Gasteiger partial charge < -0.3 is 10.6 Å². The van der Waals surface area contributed by atoms with Crippen molar-refractivity contribution in [3.63, 3.8) is 0 Å². The normalized spacial score (nSPS) is 21.6. The fourth-order valence-electron chi connectivity index (χ4n) is 5.21. The number of hydrogen-bond acceptors (Lipinski definition) is 5. The Morgan fingerprint density at radius 2 is 1.91 bits per heavy atom. The van der Waals surface area contributed by atoms with Gasteiger partial charge in [0.05, 0.1) is 5.75 Å². The zero-order chi connectivity index (χ0) is 23.6. The maximum absolute atomic E-state index is 13.0. The number of benzene rings is 1. The molecule has 0 radical (unpaired) electrons. The maximum atomic E-state index is 13.0. The number of nitrogens with zero attached hydrogens (tertiary/aromatic N) is 2. The highest BCUT2D eigenvalue weighted by Crippen LogP contribution is 2.34. The van der Waals surface area contributed by atoms with E-state index in [-0.39, 0.29) is 17.6 Å². The predicted molar refractivity (Wildman–Crippen MR) is 129 cm³/mol. The molecule has 3 aliphatic rings.